The van der Waals surface area contributed by atoms with Gasteiger partial charge in [0.25, 0.3) is 0 Å². The van der Waals surface area contributed by atoms with Crippen LogP contribution in [0.25, 0.3) is 0 Å². The molecule has 1 saturated heterocycles. The summed E-state index contributed by atoms with van der Waals surface area (Å²) in [6, 6.07) is 13.1. The Morgan fingerprint density at radius 1 is 1.00 bits per heavy atom. The van der Waals surface area contributed by atoms with Gasteiger partial charge >= 0.3 is 0 Å². The minimum Gasteiger partial charge on any atom is -0.497 e. The van der Waals surface area contributed by atoms with Crippen molar-refractivity contribution in [1.82, 2.24) is 4.90 Å². The lowest BCUT2D eigenvalue weighted by Gasteiger charge is -2.37. The number of ether oxygens (including phenoxy) is 2. The largest absolute Gasteiger partial charge is 0.497 e. The van der Waals surface area contributed by atoms with E-state index in [0.29, 0.717) is 11.7 Å². The minimum atomic E-state index is -0.269. The Balaban J connectivity index is 1.56. The van der Waals surface area contributed by atoms with E-state index < -0.39 is 0 Å². The van der Waals surface area contributed by atoms with Crippen LogP contribution in [-0.2, 0) is 0 Å². The SMILES string of the molecule is CC#CCC(CCN1CCN(c2ccc(F)cc2OC)CC1)c1ccc(OC)cc1. The van der Waals surface area contributed by atoms with Crippen molar-refractivity contribution in [3.05, 3.63) is 53.8 Å². The molecular formula is C25H31FN2O2. The third-order valence-electron chi connectivity index (χ3n) is 5.76. The van der Waals surface area contributed by atoms with E-state index in [1.165, 1.54) is 17.7 Å². The summed E-state index contributed by atoms with van der Waals surface area (Å²) in [7, 11) is 3.28. The molecule has 2 aromatic carbocycles. The van der Waals surface area contributed by atoms with Crippen molar-refractivity contribution in [3.8, 4) is 23.3 Å². The van der Waals surface area contributed by atoms with Gasteiger partial charge in [0.15, 0.2) is 0 Å². The summed E-state index contributed by atoms with van der Waals surface area (Å²) in [6.07, 6.45) is 1.94. The van der Waals surface area contributed by atoms with Crippen molar-refractivity contribution in [1.29, 1.82) is 0 Å². The smallest absolute Gasteiger partial charge is 0.145 e. The molecule has 0 amide bonds. The van der Waals surface area contributed by atoms with E-state index in [2.05, 4.69) is 33.8 Å². The lowest BCUT2D eigenvalue weighted by Crippen LogP contribution is -2.46. The molecule has 1 heterocycles. The van der Waals surface area contributed by atoms with Crippen LogP contribution < -0.4 is 14.4 Å². The van der Waals surface area contributed by atoms with Crippen molar-refractivity contribution in [3.63, 3.8) is 0 Å². The van der Waals surface area contributed by atoms with Gasteiger partial charge in [-0.05, 0) is 55.6 Å². The zero-order valence-corrected chi connectivity index (χ0v) is 18.2. The van der Waals surface area contributed by atoms with Crippen LogP contribution in [0, 0.1) is 17.7 Å². The van der Waals surface area contributed by atoms with Crippen LogP contribution in [0.15, 0.2) is 42.5 Å². The fourth-order valence-corrected chi connectivity index (χ4v) is 3.95. The van der Waals surface area contributed by atoms with Gasteiger partial charge in [-0.25, -0.2) is 4.39 Å². The highest BCUT2D eigenvalue weighted by Gasteiger charge is 2.21. The highest BCUT2D eigenvalue weighted by molar-refractivity contribution is 5.59. The predicted octanol–water partition coefficient (Wildman–Crippen LogP) is 4.55. The van der Waals surface area contributed by atoms with Gasteiger partial charge in [-0.3, -0.25) is 4.90 Å². The first kappa shape index (κ1) is 22.0. The van der Waals surface area contributed by atoms with E-state index in [0.717, 1.165) is 57.0 Å². The Bertz CT molecular complexity index is 865. The molecule has 1 fully saturated rings. The molecule has 0 radical (unpaired) electrons. The molecular weight excluding hydrogens is 379 g/mol. The average molecular weight is 411 g/mol. The van der Waals surface area contributed by atoms with E-state index in [4.69, 9.17) is 9.47 Å². The first-order valence-corrected chi connectivity index (χ1v) is 10.5. The molecule has 0 aromatic heterocycles. The van der Waals surface area contributed by atoms with Crippen molar-refractivity contribution in [2.24, 2.45) is 0 Å². The second kappa shape index (κ2) is 10.9. The number of halogens is 1. The summed E-state index contributed by atoms with van der Waals surface area (Å²) in [5.41, 5.74) is 2.28. The van der Waals surface area contributed by atoms with Crippen molar-refractivity contribution < 1.29 is 13.9 Å². The average Bonchev–Trinajstić information content (AvgIpc) is 2.79. The van der Waals surface area contributed by atoms with Gasteiger partial charge in [-0.2, -0.15) is 0 Å². The summed E-state index contributed by atoms with van der Waals surface area (Å²) in [4.78, 5) is 4.78. The Morgan fingerprint density at radius 3 is 2.37 bits per heavy atom. The van der Waals surface area contributed by atoms with Crippen molar-refractivity contribution >= 4 is 5.69 Å². The summed E-state index contributed by atoms with van der Waals surface area (Å²) in [5.74, 6) is 7.92. The molecule has 0 saturated carbocycles. The van der Waals surface area contributed by atoms with Crippen LogP contribution in [0.2, 0.25) is 0 Å². The van der Waals surface area contributed by atoms with E-state index in [1.54, 1.807) is 14.2 Å². The van der Waals surface area contributed by atoms with Gasteiger partial charge in [0, 0.05) is 38.7 Å². The van der Waals surface area contributed by atoms with Gasteiger partial charge < -0.3 is 14.4 Å². The maximum atomic E-state index is 13.5. The molecule has 1 unspecified atom stereocenters. The Kier molecular flexibility index (Phi) is 7.98. The lowest BCUT2D eigenvalue weighted by molar-refractivity contribution is 0.247. The molecule has 0 N–H and O–H groups in total. The zero-order chi connectivity index (χ0) is 21.3. The van der Waals surface area contributed by atoms with Gasteiger partial charge in [0.2, 0.25) is 0 Å². The van der Waals surface area contributed by atoms with E-state index in [-0.39, 0.29) is 5.82 Å². The van der Waals surface area contributed by atoms with E-state index in [1.807, 2.05) is 25.1 Å². The first-order chi connectivity index (χ1) is 14.6. The topological polar surface area (TPSA) is 24.9 Å². The molecule has 160 valence electrons. The maximum Gasteiger partial charge on any atom is 0.145 e. The number of anilines is 1. The summed E-state index contributed by atoms with van der Waals surface area (Å²) in [6.45, 7) is 6.71. The third kappa shape index (κ3) is 5.67. The fourth-order valence-electron chi connectivity index (χ4n) is 3.95. The molecule has 3 rings (SSSR count). The van der Waals surface area contributed by atoms with E-state index >= 15 is 0 Å². The highest BCUT2D eigenvalue weighted by atomic mass is 19.1. The molecule has 5 heteroatoms. The number of methoxy groups -OCH3 is 2. The summed E-state index contributed by atoms with van der Waals surface area (Å²) in [5, 5.41) is 0. The number of benzene rings is 2. The molecule has 1 aliphatic rings. The second-order valence-electron chi connectivity index (χ2n) is 7.53. The first-order valence-electron chi connectivity index (χ1n) is 10.5. The minimum absolute atomic E-state index is 0.269. The molecule has 1 aliphatic heterocycles. The highest BCUT2D eigenvalue weighted by Crippen LogP contribution is 2.30. The molecule has 0 spiro atoms. The molecule has 2 aromatic rings. The molecule has 4 nitrogen and oxygen atoms in total. The van der Waals surface area contributed by atoms with Gasteiger partial charge in [0.1, 0.15) is 17.3 Å². The van der Waals surface area contributed by atoms with Crippen LogP contribution >= 0.6 is 0 Å². The fraction of sp³-hybridized carbons (Fsp3) is 0.440. The van der Waals surface area contributed by atoms with Crippen LogP contribution in [0.1, 0.15) is 31.2 Å². The zero-order valence-electron chi connectivity index (χ0n) is 18.2. The van der Waals surface area contributed by atoms with Crippen LogP contribution in [-0.4, -0.2) is 51.8 Å². The summed E-state index contributed by atoms with van der Waals surface area (Å²) < 4.78 is 24.1. The molecule has 0 aliphatic carbocycles. The third-order valence-corrected chi connectivity index (χ3v) is 5.76. The monoisotopic (exact) mass is 410 g/mol. The number of hydrogen-bond donors (Lipinski definition) is 0. The van der Waals surface area contributed by atoms with E-state index in [9.17, 15) is 4.39 Å². The standard InChI is InChI=1S/C25H31FN2O2/c1-4-5-6-20(21-7-10-23(29-2)11-8-21)13-14-27-15-17-28(18-16-27)24-12-9-22(26)19-25(24)30-3/h7-12,19-20H,6,13-18H2,1-3H3. The number of rotatable bonds is 8. The second-order valence-corrected chi connectivity index (χ2v) is 7.53. The van der Waals surface area contributed by atoms with Crippen LogP contribution in [0.3, 0.4) is 0 Å². The summed E-state index contributed by atoms with van der Waals surface area (Å²) >= 11 is 0. The maximum absolute atomic E-state index is 13.5. The predicted molar refractivity (Wildman–Crippen MR) is 120 cm³/mol. The molecule has 0 bridgehead atoms. The van der Waals surface area contributed by atoms with Gasteiger partial charge in [-0.1, -0.05) is 12.1 Å². The Labute approximate surface area is 179 Å². The lowest BCUT2D eigenvalue weighted by atomic mass is 9.92. The van der Waals surface area contributed by atoms with Crippen LogP contribution in [0.5, 0.6) is 11.5 Å². The van der Waals surface area contributed by atoms with Gasteiger partial charge in [0.05, 0.1) is 19.9 Å². The van der Waals surface area contributed by atoms with Gasteiger partial charge in [-0.15, -0.1) is 11.8 Å². The molecule has 30 heavy (non-hydrogen) atoms. The number of hydrogen-bond acceptors (Lipinski definition) is 4. The Morgan fingerprint density at radius 2 is 1.73 bits per heavy atom. The van der Waals surface area contributed by atoms with Crippen molar-refractivity contribution in [2.75, 3.05) is 51.8 Å². The molecule has 1 atom stereocenters. The Hall–Kier alpha value is -2.71. The normalized spacial score (nSPS) is 15.3. The van der Waals surface area contributed by atoms with Crippen LogP contribution in [0.4, 0.5) is 10.1 Å². The quantitative estimate of drug-likeness (QED) is 0.596. The number of nitrogens with zero attached hydrogens (tertiary/aromatic N) is 2. The number of piperazine rings is 1. The van der Waals surface area contributed by atoms with Crippen molar-refractivity contribution in [2.45, 2.75) is 25.7 Å².